The highest BCUT2D eigenvalue weighted by Gasteiger charge is 2.14. The van der Waals surface area contributed by atoms with Crippen molar-refractivity contribution in [3.05, 3.63) is 126 Å². The molecular formula is C33H20ClN. The molecule has 0 spiro atoms. The molecule has 0 unspecified atom stereocenters. The molecule has 0 atom stereocenters. The van der Waals surface area contributed by atoms with Crippen LogP contribution in [-0.4, -0.2) is 4.98 Å². The summed E-state index contributed by atoms with van der Waals surface area (Å²) in [7, 11) is 0. The molecule has 0 aliphatic rings. The van der Waals surface area contributed by atoms with Crippen LogP contribution < -0.4 is 0 Å². The molecule has 35 heavy (non-hydrogen) atoms. The molecule has 0 aliphatic heterocycles. The van der Waals surface area contributed by atoms with E-state index in [9.17, 15) is 0 Å². The molecule has 2 heteroatoms. The average Bonchev–Trinajstić information content (AvgIpc) is 2.92. The van der Waals surface area contributed by atoms with Crippen molar-refractivity contribution in [2.75, 3.05) is 0 Å². The number of aromatic nitrogens is 1. The van der Waals surface area contributed by atoms with Crippen LogP contribution in [0.3, 0.4) is 0 Å². The summed E-state index contributed by atoms with van der Waals surface area (Å²) < 4.78 is 0. The van der Waals surface area contributed by atoms with Gasteiger partial charge in [-0.1, -0.05) is 109 Å². The highest BCUT2D eigenvalue weighted by molar-refractivity contribution is 6.37. The molecule has 7 rings (SSSR count). The summed E-state index contributed by atoms with van der Waals surface area (Å²) in [6.45, 7) is 0. The summed E-state index contributed by atoms with van der Waals surface area (Å²) in [5.41, 5.74) is 5.23. The van der Waals surface area contributed by atoms with Crippen molar-refractivity contribution >= 4 is 54.8 Å². The van der Waals surface area contributed by atoms with E-state index in [4.69, 9.17) is 16.6 Å². The summed E-state index contributed by atoms with van der Waals surface area (Å²) in [6.07, 6.45) is 0. The Morgan fingerprint density at radius 3 is 1.74 bits per heavy atom. The maximum absolute atomic E-state index is 6.95. The van der Waals surface area contributed by atoms with E-state index >= 15 is 0 Å². The van der Waals surface area contributed by atoms with Crippen molar-refractivity contribution in [2.24, 2.45) is 0 Å². The highest BCUT2D eigenvalue weighted by Crippen LogP contribution is 2.39. The summed E-state index contributed by atoms with van der Waals surface area (Å²) in [6, 6.07) is 42.6. The molecule has 0 amide bonds. The summed E-state index contributed by atoms with van der Waals surface area (Å²) in [5.74, 6) is 0. The number of rotatable bonds is 2. The number of benzene rings is 6. The van der Waals surface area contributed by atoms with Crippen molar-refractivity contribution in [1.82, 2.24) is 4.98 Å². The lowest BCUT2D eigenvalue weighted by Crippen LogP contribution is -1.91. The second-order valence-electron chi connectivity index (χ2n) is 8.98. The standard InChI is InChI=1S/C33H20ClN/c34-31-20-32(26-16-14-22-8-2-4-10-24(22)18-26)35-33-28-12-6-5-11-27(28)29(19-30(31)33)25-15-13-21-7-1-3-9-23(21)17-25/h1-20H. The first kappa shape index (κ1) is 20.2. The molecule has 0 N–H and O–H groups in total. The zero-order chi connectivity index (χ0) is 23.4. The Morgan fingerprint density at radius 2 is 1.03 bits per heavy atom. The number of hydrogen-bond donors (Lipinski definition) is 0. The van der Waals surface area contributed by atoms with Crippen LogP contribution >= 0.6 is 11.6 Å². The number of halogens is 1. The Hall–Kier alpha value is -4.20. The van der Waals surface area contributed by atoms with Crippen molar-refractivity contribution in [3.63, 3.8) is 0 Å². The van der Waals surface area contributed by atoms with E-state index < -0.39 is 0 Å². The lowest BCUT2D eigenvalue weighted by Gasteiger charge is -2.14. The molecule has 0 radical (unpaired) electrons. The van der Waals surface area contributed by atoms with Gasteiger partial charge in [0.1, 0.15) is 0 Å². The molecule has 7 aromatic rings. The predicted molar refractivity (Wildman–Crippen MR) is 150 cm³/mol. The van der Waals surface area contributed by atoms with Gasteiger partial charge in [0.15, 0.2) is 0 Å². The minimum atomic E-state index is 0.714. The van der Waals surface area contributed by atoms with Gasteiger partial charge in [0.05, 0.1) is 16.2 Å². The molecule has 6 aromatic carbocycles. The smallest absolute Gasteiger partial charge is 0.0803 e. The average molecular weight is 466 g/mol. The van der Waals surface area contributed by atoms with Crippen molar-refractivity contribution in [3.8, 4) is 22.4 Å². The van der Waals surface area contributed by atoms with Crippen LogP contribution in [-0.2, 0) is 0 Å². The Labute approximate surface area is 208 Å². The largest absolute Gasteiger partial charge is 0.247 e. The minimum Gasteiger partial charge on any atom is -0.247 e. The van der Waals surface area contributed by atoms with Gasteiger partial charge in [0, 0.05) is 16.3 Å². The molecule has 1 nitrogen and oxygen atoms in total. The zero-order valence-corrected chi connectivity index (χ0v) is 19.6. The Kier molecular flexibility index (Phi) is 4.58. The van der Waals surface area contributed by atoms with Gasteiger partial charge in [-0.3, -0.25) is 0 Å². The Balaban J connectivity index is 1.49. The summed E-state index contributed by atoms with van der Waals surface area (Å²) in [5, 5.41) is 8.84. The van der Waals surface area contributed by atoms with Crippen LogP contribution in [0.15, 0.2) is 121 Å². The normalized spacial score (nSPS) is 11.6. The van der Waals surface area contributed by atoms with E-state index in [0.29, 0.717) is 5.02 Å². The van der Waals surface area contributed by atoms with Gasteiger partial charge < -0.3 is 0 Å². The predicted octanol–water partition coefficient (Wildman–Crippen LogP) is 9.68. The van der Waals surface area contributed by atoms with Crippen LogP contribution in [0.25, 0.3) is 65.6 Å². The zero-order valence-electron chi connectivity index (χ0n) is 18.9. The summed E-state index contributed by atoms with van der Waals surface area (Å²) in [4.78, 5) is 5.14. The van der Waals surface area contributed by atoms with E-state index in [2.05, 4.69) is 115 Å². The molecule has 0 saturated carbocycles. The number of hydrogen-bond acceptors (Lipinski definition) is 1. The first-order chi connectivity index (χ1) is 17.2. The van der Waals surface area contributed by atoms with Crippen LogP contribution in [0.4, 0.5) is 0 Å². The van der Waals surface area contributed by atoms with E-state index in [0.717, 1.165) is 27.5 Å². The van der Waals surface area contributed by atoms with E-state index in [-0.39, 0.29) is 0 Å². The topological polar surface area (TPSA) is 12.9 Å². The fourth-order valence-electron chi connectivity index (χ4n) is 5.11. The van der Waals surface area contributed by atoms with Crippen LogP contribution in [0.5, 0.6) is 0 Å². The number of nitrogens with zero attached hydrogens (tertiary/aromatic N) is 1. The van der Waals surface area contributed by atoms with Gasteiger partial charge in [-0.2, -0.15) is 0 Å². The molecule has 1 heterocycles. The van der Waals surface area contributed by atoms with Crippen molar-refractivity contribution < 1.29 is 0 Å². The molecule has 0 fully saturated rings. The Morgan fingerprint density at radius 1 is 0.457 bits per heavy atom. The van der Waals surface area contributed by atoms with Crippen LogP contribution in [0.2, 0.25) is 5.02 Å². The second-order valence-corrected chi connectivity index (χ2v) is 9.39. The second kappa shape index (κ2) is 7.94. The van der Waals surface area contributed by atoms with Gasteiger partial charge in [-0.15, -0.1) is 0 Å². The van der Waals surface area contributed by atoms with Crippen molar-refractivity contribution in [2.45, 2.75) is 0 Å². The lowest BCUT2D eigenvalue weighted by molar-refractivity contribution is 1.41. The molecule has 164 valence electrons. The molecular weight excluding hydrogens is 446 g/mol. The monoisotopic (exact) mass is 465 g/mol. The molecule has 0 bridgehead atoms. The maximum atomic E-state index is 6.95. The maximum Gasteiger partial charge on any atom is 0.0803 e. The minimum absolute atomic E-state index is 0.714. The van der Waals surface area contributed by atoms with Gasteiger partial charge in [0.25, 0.3) is 0 Å². The Bertz CT molecular complexity index is 1920. The van der Waals surface area contributed by atoms with E-state index in [1.807, 2.05) is 6.07 Å². The number of pyridine rings is 1. The number of fused-ring (bicyclic) bond motifs is 5. The quantitative estimate of drug-likeness (QED) is 0.231. The highest BCUT2D eigenvalue weighted by atomic mass is 35.5. The van der Waals surface area contributed by atoms with Gasteiger partial charge in [0.2, 0.25) is 0 Å². The fourth-order valence-corrected chi connectivity index (χ4v) is 5.35. The summed E-state index contributed by atoms with van der Waals surface area (Å²) >= 11 is 6.95. The third kappa shape index (κ3) is 3.36. The van der Waals surface area contributed by atoms with Crippen molar-refractivity contribution in [1.29, 1.82) is 0 Å². The van der Waals surface area contributed by atoms with Gasteiger partial charge in [-0.05, 0) is 62.3 Å². The fraction of sp³-hybridized carbons (Fsp3) is 0. The first-order valence-electron chi connectivity index (χ1n) is 11.7. The SMILES string of the molecule is Clc1cc(-c2ccc3ccccc3c2)nc2c1cc(-c1ccc3ccccc3c1)c1ccccc12. The first-order valence-corrected chi connectivity index (χ1v) is 12.1. The van der Waals surface area contributed by atoms with E-state index in [1.165, 1.54) is 38.1 Å². The van der Waals surface area contributed by atoms with Gasteiger partial charge in [-0.25, -0.2) is 4.98 Å². The van der Waals surface area contributed by atoms with Crippen LogP contribution in [0, 0.1) is 0 Å². The third-order valence-corrected chi connectivity index (χ3v) is 7.19. The van der Waals surface area contributed by atoms with E-state index in [1.54, 1.807) is 0 Å². The lowest BCUT2D eigenvalue weighted by atomic mass is 9.93. The molecule has 0 aliphatic carbocycles. The van der Waals surface area contributed by atoms with Gasteiger partial charge >= 0.3 is 0 Å². The molecule has 1 aromatic heterocycles. The van der Waals surface area contributed by atoms with Crippen LogP contribution in [0.1, 0.15) is 0 Å². The third-order valence-electron chi connectivity index (χ3n) is 6.87. The molecule has 0 saturated heterocycles.